The van der Waals surface area contributed by atoms with Gasteiger partial charge in [0.15, 0.2) is 0 Å². The molecule has 4 nitrogen and oxygen atoms in total. The molecule has 0 spiro atoms. The van der Waals surface area contributed by atoms with E-state index in [1.807, 2.05) is 6.07 Å². The molecule has 0 unspecified atom stereocenters. The number of halogens is 1. The zero-order chi connectivity index (χ0) is 19.5. The third kappa shape index (κ3) is 4.38. The van der Waals surface area contributed by atoms with Crippen LogP contribution in [0.2, 0.25) is 0 Å². The van der Waals surface area contributed by atoms with Crippen molar-refractivity contribution in [2.45, 2.75) is 64.0 Å². The number of benzene rings is 1. The van der Waals surface area contributed by atoms with Crippen LogP contribution >= 0.6 is 0 Å². The first-order valence-corrected chi connectivity index (χ1v) is 10.9. The maximum absolute atomic E-state index is 14.2. The van der Waals surface area contributed by atoms with E-state index in [0.29, 0.717) is 41.5 Å². The van der Waals surface area contributed by atoms with Gasteiger partial charge in [-0.05, 0) is 69.7 Å². The van der Waals surface area contributed by atoms with Gasteiger partial charge < -0.3 is 4.90 Å². The van der Waals surface area contributed by atoms with Crippen molar-refractivity contribution in [3.63, 3.8) is 0 Å². The Balaban J connectivity index is 1.36. The summed E-state index contributed by atoms with van der Waals surface area (Å²) in [6.45, 7) is 3.44. The van der Waals surface area contributed by atoms with Crippen molar-refractivity contribution in [1.82, 2.24) is 9.80 Å². The molecule has 1 aromatic rings. The van der Waals surface area contributed by atoms with Crippen molar-refractivity contribution in [3.05, 3.63) is 35.1 Å². The topological polar surface area (TPSA) is 47.3 Å². The summed E-state index contributed by atoms with van der Waals surface area (Å²) in [5.74, 6) is 1.00. The first-order valence-electron chi connectivity index (χ1n) is 10.9. The minimum Gasteiger partial charge on any atom is -0.339 e. The highest BCUT2D eigenvalue weighted by atomic mass is 19.1. The summed E-state index contributed by atoms with van der Waals surface area (Å²) in [6, 6.07) is 7.15. The minimum atomic E-state index is -0.286. The predicted molar refractivity (Wildman–Crippen MR) is 106 cm³/mol. The van der Waals surface area contributed by atoms with E-state index in [4.69, 9.17) is 5.26 Å². The number of hydrogen-bond donors (Lipinski definition) is 0. The van der Waals surface area contributed by atoms with Crippen LogP contribution < -0.4 is 0 Å². The van der Waals surface area contributed by atoms with Crippen molar-refractivity contribution < 1.29 is 9.18 Å². The lowest BCUT2D eigenvalue weighted by Crippen LogP contribution is -2.48. The van der Waals surface area contributed by atoms with Crippen LogP contribution in [-0.2, 0) is 11.3 Å². The van der Waals surface area contributed by atoms with Crippen molar-refractivity contribution in [1.29, 1.82) is 5.26 Å². The standard InChI is InChI=1S/C23H30FN3O/c24-21-14-17(15-25)5-6-20(21)16-26-12-9-18(10-13-26)22-4-2-1-3-11-27(22)23(28)19-7-8-19/h5-6,14,18-19,22H,1-4,7-13,16H2/t22-/m1/s1. The van der Waals surface area contributed by atoms with Gasteiger partial charge in [-0.15, -0.1) is 0 Å². The Hall–Kier alpha value is -1.93. The van der Waals surface area contributed by atoms with Crippen LogP contribution in [0.1, 0.15) is 62.5 Å². The van der Waals surface area contributed by atoms with Gasteiger partial charge in [0, 0.05) is 30.6 Å². The second kappa shape index (κ2) is 8.61. The van der Waals surface area contributed by atoms with Gasteiger partial charge in [-0.2, -0.15) is 5.26 Å². The molecule has 3 aliphatic rings. The Labute approximate surface area is 167 Å². The number of likely N-dealkylation sites (tertiary alicyclic amines) is 2. The minimum absolute atomic E-state index is 0.286. The number of hydrogen-bond acceptors (Lipinski definition) is 3. The smallest absolute Gasteiger partial charge is 0.225 e. The van der Waals surface area contributed by atoms with Gasteiger partial charge >= 0.3 is 0 Å². The van der Waals surface area contributed by atoms with Crippen molar-refractivity contribution in [3.8, 4) is 6.07 Å². The van der Waals surface area contributed by atoms with Gasteiger partial charge in [0.1, 0.15) is 5.82 Å². The summed E-state index contributed by atoms with van der Waals surface area (Å²) in [5, 5.41) is 8.89. The molecule has 1 saturated carbocycles. The maximum atomic E-state index is 14.2. The van der Waals surface area contributed by atoms with E-state index >= 15 is 0 Å². The Morgan fingerprint density at radius 2 is 1.86 bits per heavy atom. The first kappa shape index (κ1) is 19.4. The SMILES string of the molecule is N#Cc1ccc(CN2CCC([C@H]3CCCCCN3C(=O)C3CC3)CC2)c(F)c1. The van der Waals surface area contributed by atoms with Gasteiger partial charge in [-0.25, -0.2) is 4.39 Å². The fourth-order valence-corrected chi connectivity index (χ4v) is 4.94. The fourth-order valence-electron chi connectivity index (χ4n) is 4.94. The number of nitriles is 1. The van der Waals surface area contributed by atoms with E-state index in [1.54, 1.807) is 12.1 Å². The molecule has 0 aromatic heterocycles. The third-order valence-electron chi connectivity index (χ3n) is 6.76. The molecule has 2 aliphatic heterocycles. The van der Waals surface area contributed by atoms with Crippen LogP contribution in [-0.4, -0.2) is 41.4 Å². The van der Waals surface area contributed by atoms with Gasteiger partial charge in [0.25, 0.3) is 0 Å². The highest BCUT2D eigenvalue weighted by Crippen LogP contribution is 2.36. The van der Waals surface area contributed by atoms with Gasteiger partial charge in [-0.1, -0.05) is 18.9 Å². The largest absolute Gasteiger partial charge is 0.339 e. The van der Waals surface area contributed by atoms with Crippen LogP contribution in [0.3, 0.4) is 0 Å². The molecule has 2 heterocycles. The second-order valence-electron chi connectivity index (χ2n) is 8.75. The summed E-state index contributed by atoms with van der Waals surface area (Å²) in [6.07, 6.45) is 9.08. The highest BCUT2D eigenvalue weighted by molar-refractivity contribution is 5.81. The third-order valence-corrected chi connectivity index (χ3v) is 6.76. The quantitative estimate of drug-likeness (QED) is 0.787. The van der Waals surface area contributed by atoms with Crippen molar-refractivity contribution in [2.75, 3.05) is 19.6 Å². The zero-order valence-corrected chi connectivity index (χ0v) is 16.6. The van der Waals surface area contributed by atoms with E-state index in [1.165, 1.54) is 18.9 Å². The van der Waals surface area contributed by atoms with Crippen LogP contribution in [0.15, 0.2) is 18.2 Å². The molecular formula is C23H30FN3O. The second-order valence-corrected chi connectivity index (χ2v) is 8.75. The molecule has 5 heteroatoms. The number of rotatable bonds is 4. The zero-order valence-electron chi connectivity index (χ0n) is 16.6. The van der Waals surface area contributed by atoms with Crippen molar-refractivity contribution >= 4 is 5.91 Å². The van der Waals surface area contributed by atoms with Gasteiger partial charge in [-0.3, -0.25) is 9.69 Å². The molecule has 0 bridgehead atoms. The molecule has 2 saturated heterocycles. The molecule has 28 heavy (non-hydrogen) atoms. The Kier molecular flexibility index (Phi) is 5.96. The summed E-state index contributed by atoms with van der Waals surface area (Å²) < 4.78 is 14.2. The summed E-state index contributed by atoms with van der Waals surface area (Å²) in [4.78, 5) is 17.4. The first-order chi connectivity index (χ1) is 13.7. The molecule has 150 valence electrons. The van der Waals surface area contributed by atoms with E-state index in [-0.39, 0.29) is 5.82 Å². The summed E-state index contributed by atoms with van der Waals surface area (Å²) >= 11 is 0. The van der Waals surface area contributed by atoms with E-state index in [0.717, 1.165) is 58.2 Å². The molecule has 1 atom stereocenters. The molecule has 1 amide bonds. The molecule has 1 aliphatic carbocycles. The Morgan fingerprint density at radius 1 is 1.07 bits per heavy atom. The summed E-state index contributed by atoms with van der Waals surface area (Å²) in [7, 11) is 0. The van der Waals surface area contributed by atoms with E-state index in [2.05, 4.69) is 9.80 Å². The average Bonchev–Trinajstić information content (AvgIpc) is 3.56. The Bertz CT molecular complexity index is 747. The van der Waals surface area contributed by atoms with Gasteiger partial charge in [0.05, 0.1) is 11.6 Å². The van der Waals surface area contributed by atoms with Crippen LogP contribution in [0.4, 0.5) is 4.39 Å². The molecule has 4 rings (SSSR count). The number of nitrogens with zero attached hydrogens (tertiary/aromatic N) is 3. The van der Waals surface area contributed by atoms with Crippen molar-refractivity contribution in [2.24, 2.45) is 11.8 Å². The van der Waals surface area contributed by atoms with Gasteiger partial charge in [0.2, 0.25) is 5.91 Å². The molecule has 0 N–H and O–H groups in total. The number of carbonyl (C=O) groups excluding carboxylic acids is 1. The van der Waals surface area contributed by atoms with Crippen LogP contribution in [0, 0.1) is 29.0 Å². The Morgan fingerprint density at radius 3 is 2.54 bits per heavy atom. The maximum Gasteiger partial charge on any atom is 0.225 e. The lowest BCUT2D eigenvalue weighted by molar-refractivity contribution is -0.136. The lowest BCUT2D eigenvalue weighted by atomic mass is 9.85. The normalized spacial score (nSPS) is 24.6. The van der Waals surface area contributed by atoms with E-state index in [9.17, 15) is 9.18 Å². The molecule has 0 radical (unpaired) electrons. The molecule has 1 aromatic carbocycles. The van der Waals surface area contributed by atoms with Crippen LogP contribution in [0.5, 0.6) is 0 Å². The summed E-state index contributed by atoms with van der Waals surface area (Å²) in [5.41, 5.74) is 1.03. The monoisotopic (exact) mass is 383 g/mol. The predicted octanol–water partition coefficient (Wildman–Crippen LogP) is 4.09. The average molecular weight is 384 g/mol. The number of amides is 1. The van der Waals surface area contributed by atoms with E-state index < -0.39 is 0 Å². The fraction of sp³-hybridized carbons (Fsp3) is 0.652. The number of piperidine rings is 1. The van der Waals surface area contributed by atoms with Crippen LogP contribution in [0.25, 0.3) is 0 Å². The highest BCUT2D eigenvalue weighted by Gasteiger charge is 2.39. The number of carbonyl (C=O) groups is 1. The molecular weight excluding hydrogens is 353 g/mol. The lowest BCUT2D eigenvalue weighted by Gasteiger charge is -2.41. The molecule has 3 fully saturated rings.